The number of aryl methyl sites for hydroxylation is 1. The summed E-state index contributed by atoms with van der Waals surface area (Å²) < 4.78 is 1.08. The van der Waals surface area contributed by atoms with Crippen LogP contribution in [0.3, 0.4) is 0 Å². The molecule has 60 valence electrons. The van der Waals surface area contributed by atoms with Gasteiger partial charge in [0.1, 0.15) is 0 Å². The van der Waals surface area contributed by atoms with Crippen LogP contribution in [0.5, 0.6) is 0 Å². The average Bonchev–Trinajstić information content (AvgIpc) is 1.85. The lowest BCUT2D eigenvalue weighted by molar-refractivity contribution is 0.958. The summed E-state index contributed by atoms with van der Waals surface area (Å²) in [5.74, 6) is 0. The topological polar surface area (TPSA) is 23.8 Å². The fourth-order valence-corrected chi connectivity index (χ4v) is 1.60. The monoisotopic (exact) mass is 212 g/mol. The summed E-state index contributed by atoms with van der Waals surface area (Å²) in [5, 5.41) is 0. The molecule has 0 amide bonds. The van der Waals surface area contributed by atoms with Gasteiger partial charge in [0, 0.05) is 4.47 Å². The van der Waals surface area contributed by atoms with Crippen molar-refractivity contribution in [1.29, 1.82) is 0 Å². The number of hydrogen-bond acceptors (Lipinski definition) is 0. The van der Waals surface area contributed by atoms with E-state index in [1.54, 1.807) is 0 Å². The van der Waals surface area contributed by atoms with E-state index in [4.69, 9.17) is 5.73 Å². The van der Waals surface area contributed by atoms with Gasteiger partial charge in [-0.05, 0) is 24.6 Å². The van der Waals surface area contributed by atoms with Gasteiger partial charge in [-0.1, -0.05) is 34.5 Å². The molecule has 2 heteroatoms. The second-order valence-electron chi connectivity index (χ2n) is 2.72. The molecule has 0 fully saturated rings. The van der Waals surface area contributed by atoms with Crippen molar-refractivity contribution in [2.24, 2.45) is 0 Å². The highest BCUT2D eigenvalue weighted by molar-refractivity contribution is 9.10. The van der Waals surface area contributed by atoms with E-state index in [1.165, 1.54) is 5.56 Å². The minimum absolute atomic E-state index is 0.122. The maximum Gasteiger partial charge on any atom is 0.0178 e. The largest absolute Gasteiger partial charge is 0.671 e. The molecule has 0 aliphatic carbocycles. The lowest BCUT2D eigenvalue weighted by Gasteiger charge is -2.16. The molecule has 1 N–H and O–H groups in total. The van der Waals surface area contributed by atoms with Crippen molar-refractivity contribution in [2.75, 3.05) is 0 Å². The molecule has 1 nitrogen and oxygen atoms in total. The summed E-state index contributed by atoms with van der Waals surface area (Å²) in [7, 11) is 0. The summed E-state index contributed by atoms with van der Waals surface area (Å²) in [6.45, 7) is 3.92. The van der Waals surface area contributed by atoms with Crippen LogP contribution in [0.25, 0.3) is 5.73 Å². The number of benzene rings is 1. The minimum Gasteiger partial charge on any atom is -0.671 e. The first-order valence-electron chi connectivity index (χ1n) is 3.58. The van der Waals surface area contributed by atoms with E-state index >= 15 is 0 Å². The third-order valence-corrected chi connectivity index (χ3v) is 2.19. The van der Waals surface area contributed by atoms with Crippen molar-refractivity contribution in [3.05, 3.63) is 39.5 Å². The zero-order valence-corrected chi connectivity index (χ0v) is 8.27. The van der Waals surface area contributed by atoms with Gasteiger partial charge in [0.25, 0.3) is 0 Å². The maximum absolute atomic E-state index is 7.51. The molecule has 0 bridgehead atoms. The van der Waals surface area contributed by atoms with Gasteiger partial charge in [-0.3, -0.25) is 0 Å². The molecule has 1 rings (SSSR count). The fraction of sp³-hybridized carbons (Fsp3) is 0.333. The van der Waals surface area contributed by atoms with Crippen LogP contribution in [0.4, 0.5) is 0 Å². The SMILES string of the molecule is Cc1cc(Br)ccc1[C@H](C)[NH-]. The van der Waals surface area contributed by atoms with E-state index in [1.807, 2.05) is 32.0 Å². The Hall–Kier alpha value is -0.340. The highest BCUT2D eigenvalue weighted by atomic mass is 79.9. The van der Waals surface area contributed by atoms with Crippen LogP contribution in [0.15, 0.2) is 22.7 Å². The summed E-state index contributed by atoms with van der Waals surface area (Å²) in [4.78, 5) is 0. The molecule has 0 spiro atoms. The van der Waals surface area contributed by atoms with E-state index < -0.39 is 0 Å². The number of hydrogen-bond donors (Lipinski definition) is 0. The smallest absolute Gasteiger partial charge is 0.0178 e. The van der Waals surface area contributed by atoms with Crippen molar-refractivity contribution in [2.45, 2.75) is 19.9 Å². The Morgan fingerprint density at radius 1 is 1.45 bits per heavy atom. The van der Waals surface area contributed by atoms with Crippen molar-refractivity contribution in [3.63, 3.8) is 0 Å². The molecule has 11 heavy (non-hydrogen) atoms. The second-order valence-corrected chi connectivity index (χ2v) is 3.64. The molecule has 0 aliphatic heterocycles. The highest BCUT2D eigenvalue weighted by Crippen LogP contribution is 2.22. The molecule has 1 aromatic carbocycles. The predicted molar refractivity (Wildman–Crippen MR) is 51.6 cm³/mol. The van der Waals surface area contributed by atoms with Gasteiger partial charge in [0.15, 0.2) is 0 Å². The van der Waals surface area contributed by atoms with E-state index in [-0.39, 0.29) is 6.04 Å². The Bertz CT molecular complexity index is 256. The molecule has 0 unspecified atom stereocenters. The van der Waals surface area contributed by atoms with Gasteiger partial charge in [0.2, 0.25) is 0 Å². The van der Waals surface area contributed by atoms with Crippen LogP contribution < -0.4 is 0 Å². The zero-order chi connectivity index (χ0) is 8.43. The Labute approximate surface area is 75.7 Å². The average molecular weight is 213 g/mol. The summed E-state index contributed by atoms with van der Waals surface area (Å²) in [6.07, 6.45) is 0. The first-order chi connectivity index (χ1) is 5.11. The maximum atomic E-state index is 7.51. The molecule has 0 heterocycles. The normalized spacial score (nSPS) is 13.1. The van der Waals surface area contributed by atoms with Gasteiger partial charge in [-0.2, -0.15) is 0 Å². The van der Waals surface area contributed by atoms with E-state index in [0.29, 0.717) is 0 Å². The van der Waals surface area contributed by atoms with Crippen molar-refractivity contribution in [1.82, 2.24) is 0 Å². The first-order valence-corrected chi connectivity index (χ1v) is 4.37. The molecular formula is C9H11BrN-. The first kappa shape index (κ1) is 8.75. The second kappa shape index (κ2) is 3.37. The van der Waals surface area contributed by atoms with Crippen LogP contribution in [0.2, 0.25) is 0 Å². The standard InChI is InChI=1S/C9H11BrN/c1-6-5-8(10)3-4-9(6)7(2)11/h3-5,7,11H,1-2H3/q-1/t7-/m0/s1. The predicted octanol–water partition coefficient (Wildman–Crippen LogP) is 3.87. The minimum atomic E-state index is -0.122. The van der Waals surface area contributed by atoms with Crippen molar-refractivity contribution < 1.29 is 0 Å². The molecule has 0 aliphatic rings. The molecule has 1 atom stereocenters. The quantitative estimate of drug-likeness (QED) is 0.676. The summed E-state index contributed by atoms with van der Waals surface area (Å²) >= 11 is 3.38. The summed E-state index contributed by atoms with van der Waals surface area (Å²) in [6, 6.07) is 5.90. The third-order valence-electron chi connectivity index (χ3n) is 1.70. The third kappa shape index (κ3) is 2.04. The van der Waals surface area contributed by atoms with Crippen molar-refractivity contribution >= 4 is 15.9 Å². The van der Waals surface area contributed by atoms with Crippen LogP contribution in [-0.2, 0) is 0 Å². The van der Waals surface area contributed by atoms with Crippen molar-refractivity contribution in [3.8, 4) is 0 Å². The van der Waals surface area contributed by atoms with E-state index in [2.05, 4.69) is 15.9 Å². The van der Waals surface area contributed by atoms with E-state index in [0.717, 1.165) is 10.0 Å². The van der Waals surface area contributed by atoms with E-state index in [9.17, 15) is 0 Å². The zero-order valence-electron chi connectivity index (χ0n) is 6.69. The molecule has 1 aromatic rings. The van der Waals surface area contributed by atoms with Gasteiger partial charge in [-0.15, -0.1) is 6.04 Å². The Balaban J connectivity index is 3.09. The molecule has 0 saturated carbocycles. The number of nitrogens with one attached hydrogen (secondary N) is 1. The Morgan fingerprint density at radius 3 is 2.55 bits per heavy atom. The van der Waals surface area contributed by atoms with Crippen LogP contribution >= 0.6 is 15.9 Å². The lowest BCUT2D eigenvalue weighted by Crippen LogP contribution is -1.89. The van der Waals surface area contributed by atoms with Gasteiger partial charge >= 0.3 is 0 Å². The highest BCUT2D eigenvalue weighted by Gasteiger charge is 1.97. The van der Waals surface area contributed by atoms with Crippen LogP contribution in [0, 0.1) is 6.92 Å². The molecule has 0 aromatic heterocycles. The fourth-order valence-electron chi connectivity index (χ4n) is 1.12. The Kier molecular flexibility index (Phi) is 2.68. The van der Waals surface area contributed by atoms with Crippen LogP contribution in [0.1, 0.15) is 24.1 Å². The van der Waals surface area contributed by atoms with Gasteiger partial charge in [0.05, 0.1) is 0 Å². The molecular weight excluding hydrogens is 202 g/mol. The number of halogens is 1. The Morgan fingerprint density at radius 2 is 2.09 bits per heavy atom. The van der Waals surface area contributed by atoms with Crippen LogP contribution in [-0.4, -0.2) is 0 Å². The van der Waals surface area contributed by atoms with Gasteiger partial charge in [-0.25, -0.2) is 0 Å². The van der Waals surface area contributed by atoms with Gasteiger partial charge < -0.3 is 5.73 Å². The summed E-state index contributed by atoms with van der Waals surface area (Å²) in [5.41, 5.74) is 9.80. The molecule has 0 saturated heterocycles. The lowest BCUT2D eigenvalue weighted by atomic mass is 10.0. The molecule has 0 radical (unpaired) electrons. The number of rotatable bonds is 1.